The second-order valence-corrected chi connectivity index (χ2v) is 7.87. The van der Waals surface area contributed by atoms with Crippen LogP contribution < -0.4 is 4.74 Å². The minimum absolute atomic E-state index is 0.0268. The second-order valence-electron chi connectivity index (χ2n) is 7.87. The maximum Gasteiger partial charge on any atom is 0.573 e. The molecule has 1 aliphatic rings. The lowest BCUT2D eigenvalue weighted by Crippen LogP contribution is -2.17. The van der Waals surface area contributed by atoms with Crippen molar-refractivity contribution < 1.29 is 31.9 Å². The molecule has 1 aromatic heterocycles. The molecule has 33 heavy (non-hydrogen) atoms. The Morgan fingerprint density at radius 3 is 2.48 bits per heavy atom. The van der Waals surface area contributed by atoms with Crippen LogP contribution in [0.4, 0.5) is 17.6 Å². The Morgan fingerprint density at radius 2 is 1.79 bits per heavy atom. The van der Waals surface area contributed by atoms with E-state index in [0.29, 0.717) is 30.4 Å². The van der Waals surface area contributed by atoms with Crippen molar-refractivity contribution in [2.45, 2.75) is 38.0 Å². The molecular formula is C25H19F4NO3. The van der Waals surface area contributed by atoms with Crippen molar-refractivity contribution in [1.82, 2.24) is 4.98 Å². The van der Waals surface area contributed by atoms with Crippen LogP contribution in [0.1, 0.15) is 51.5 Å². The molecule has 8 heteroatoms. The summed E-state index contributed by atoms with van der Waals surface area (Å²) in [5.41, 5.74) is 2.73. The number of benzene rings is 2. The van der Waals surface area contributed by atoms with Crippen LogP contribution in [0.5, 0.6) is 5.75 Å². The number of rotatable bonds is 6. The van der Waals surface area contributed by atoms with Gasteiger partial charge in [0.25, 0.3) is 0 Å². The summed E-state index contributed by atoms with van der Waals surface area (Å²) in [6, 6.07) is 12.8. The molecule has 3 aromatic rings. The van der Waals surface area contributed by atoms with Crippen molar-refractivity contribution in [2.75, 3.05) is 0 Å². The van der Waals surface area contributed by atoms with E-state index >= 15 is 0 Å². The standard InChI is InChI=1S/C25H19F4NO3/c26-22-2-1-11-30-24(22)21(15-6-9-20(10-7-15)33-25(27,28)29)14-23(32)18-4-3-17-13-19(31)8-5-16(17)12-18/h1-4,6-7,9-12,21H,5,8,13-14H2/t21-/m0/s1. The quantitative estimate of drug-likeness (QED) is 0.358. The number of Topliss-reactive ketones (excluding diaryl/α,β-unsaturated/α-hetero) is 2. The van der Waals surface area contributed by atoms with Crippen molar-refractivity contribution in [3.05, 3.63) is 94.6 Å². The lowest BCUT2D eigenvalue weighted by molar-refractivity contribution is -0.274. The molecule has 1 aliphatic carbocycles. The number of hydrogen-bond donors (Lipinski definition) is 0. The molecule has 4 rings (SSSR count). The van der Waals surface area contributed by atoms with Crippen LogP contribution in [0.25, 0.3) is 0 Å². The number of carbonyl (C=O) groups excluding carboxylic acids is 2. The summed E-state index contributed by atoms with van der Waals surface area (Å²) in [5, 5.41) is 0. The Kier molecular flexibility index (Phi) is 6.26. The molecule has 0 spiro atoms. The topological polar surface area (TPSA) is 56.3 Å². The molecule has 0 saturated heterocycles. The van der Waals surface area contributed by atoms with Gasteiger partial charge in [0, 0.05) is 36.9 Å². The minimum Gasteiger partial charge on any atom is -0.406 e. The number of ketones is 2. The largest absolute Gasteiger partial charge is 0.573 e. The Morgan fingerprint density at radius 1 is 1.03 bits per heavy atom. The first-order valence-corrected chi connectivity index (χ1v) is 10.3. The SMILES string of the molecule is O=C1CCc2cc(C(=O)C[C@@H](c3ccc(OC(F)(F)F)cc3)c3ncccc3F)ccc2C1. The van der Waals surface area contributed by atoms with Crippen molar-refractivity contribution in [3.8, 4) is 5.75 Å². The average Bonchev–Trinajstić information content (AvgIpc) is 2.77. The van der Waals surface area contributed by atoms with Gasteiger partial charge in [-0.05, 0) is 53.4 Å². The normalized spacial score (nSPS) is 14.5. The Hall–Kier alpha value is -3.55. The van der Waals surface area contributed by atoms with Gasteiger partial charge in [-0.3, -0.25) is 14.6 Å². The maximum absolute atomic E-state index is 14.6. The number of ether oxygens (including phenoxy) is 1. The van der Waals surface area contributed by atoms with E-state index in [2.05, 4.69) is 9.72 Å². The van der Waals surface area contributed by atoms with Crippen molar-refractivity contribution in [3.63, 3.8) is 0 Å². The first kappa shape index (κ1) is 22.6. The summed E-state index contributed by atoms with van der Waals surface area (Å²) in [6.45, 7) is 0. The summed E-state index contributed by atoms with van der Waals surface area (Å²) >= 11 is 0. The third-order valence-electron chi connectivity index (χ3n) is 5.61. The third kappa shape index (κ3) is 5.45. The molecule has 0 aliphatic heterocycles. The van der Waals surface area contributed by atoms with Gasteiger partial charge >= 0.3 is 6.36 Å². The van der Waals surface area contributed by atoms with E-state index in [4.69, 9.17) is 0 Å². The van der Waals surface area contributed by atoms with Crippen molar-refractivity contribution in [2.24, 2.45) is 0 Å². The zero-order valence-corrected chi connectivity index (χ0v) is 17.4. The van der Waals surface area contributed by atoms with Gasteiger partial charge in [0.15, 0.2) is 5.78 Å². The highest BCUT2D eigenvalue weighted by molar-refractivity contribution is 5.97. The molecule has 1 heterocycles. The Labute approximate surface area is 187 Å². The van der Waals surface area contributed by atoms with Crippen LogP contribution in [-0.2, 0) is 17.6 Å². The van der Waals surface area contributed by atoms with Crippen molar-refractivity contribution >= 4 is 11.6 Å². The lowest BCUT2D eigenvalue weighted by Gasteiger charge is -2.19. The molecule has 0 fully saturated rings. The number of aromatic nitrogens is 1. The van der Waals surface area contributed by atoms with Gasteiger partial charge in [0.1, 0.15) is 17.3 Å². The van der Waals surface area contributed by atoms with Gasteiger partial charge in [-0.1, -0.05) is 24.3 Å². The highest BCUT2D eigenvalue weighted by Crippen LogP contribution is 2.32. The number of aryl methyl sites for hydroxylation is 1. The smallest absolute Gasteiger partial charge is 0.406 e. The fraction of sp³-hybridized carbons (Fsp3) is 0.240. The predicted octanol–water partition coefficient (Wildman–Crippen LogP) is 5.58. The van der Waals surface area contributed by atoms with Crippen LogP contribution in [0, 0.1) is 5.82 Å². The number of alkyl halides is 3. The number of hydrogen-bond acceptors (Lipinski definition) is 4. The van der Waals surface area contributed by atoms with E-state index in [9.17, 15) is 27.2 Å². The third-order valence-corrected chi connectivity index (χ3v) is 5.61. The Bertz CT molecular complexity index is 1190. The monoisotopic (exact) mass is 457 g/mol. The molecule has 0 saturated carbocycles. The van der Waals surface area contributed by atoms with Gasteiger partial charge in [0.2, 0.25) is 0 Å². The molecule has 4 nitrogen and oxygen atoms in total. The molecule has 0 radical (unpaired) electrons. The zero-order chi connectivity index (χ0) is 23.6. The first-order valence-electron chi connectivity index (χ1n) is 10.3. The summed E-state index contributed by atoms with van der Waals surface area (Å²) in [7, 11) is 0. The predicted molar refractivity (Wildman–Crippen MR) is 112 cm³/mol. The molecule has 170 valence electrons. The van der Waals surface area contributed by atoms with Crippen LogP contribution in [0.3, 0.4) is 0 Å². The number of nitrogens with zero attached hydrogens (tertiary/aromatic N) is 1. The fourth-order valence-corrected chi connectivity index (χ4v) is 4.01. The van der Waals surface area contributed by atoms with E-state index in [1.807, 2.05) is 0 Å². The summed E-state index contributed by atoms with van der Waals surface area (Å²) in [4.78, 5) is 28.9. The van der Waals surface area contributed by atoms with Gasteiger partial charge in [-0.2, -0.15) is 0 Å². The average molecular weight is 457 g/mol. The molecular weight excluding hydrogens is 438 g/mol. The first-order chi connectivity index (χ1) is 15.7. The van der Waals surface area contributed by atoms with Gasteiger partial charge < -0.3 is 4.74 Å². The highest BCUT2D eigenvalue weighted by atomic mass is 19.4. The highest BCUT2D eigenvalue weighted by Gasteiger charge is 2.31. The van der Waals surface area contributed by atoms with Crippen LogP contribution in [0.15, 0.2) is 60.8 Å². The molecule has 1 atom stereocenters. The number of pyridine rings is 1. The van der Waals surface area contributed by atoms with E-state index in [-0.39, 0.29) is 23.7 Å². The number of halogens is 4. The summed E-state index contributed by atoms with van der Waals surface area (Å²) < 4.78 is 55.9. The molecule has 0 unspecified atom stereocenters. The maximum atomic E-state index is 14.6. The summed E-state index contributed by atoms with van der Waals surface area (Å²) in [6.07, 6.45) is -2.23. The molecule has 2 aromatic carbocycles. The number of carbonyl (C=O) groups is 2. The molecule has 0 bridgehead atoms. The Balaban J connectivity index is 1.63. The molecule has 0 amide bonds. The van der Waals surface area contributed by atoms with E-state index in [1.54, 1.807) is 18.2 Å². The van der Waals surface area contributed by atoms with Crippen LogP contribution in [-0.4, -0.2) is 22.9 Å². The van der Waals surface area contributed by atoms with E-state index < -0.39 is 23.8 Å². The van der Waals surface area contributed by atoms with Crippen LogP contribution >= 0.6 is 0 Å². The number of fused-ring (bicyclic) bond motifs is 1. The van der Waals surface area contributed by atoms with Crippen LogP contribution in [0.2, 0.25) is 0 Å². The fourth-order valence-electron chi connectivity index (χ4n) is 4.01. The van der Waals surface area contributed by atoms with E-state index in [0.717, 1.165) is 23.3 Å². The zero-order valence-electron chi connectivity index (χ0n) is 17.4. The second kappa shape index (κ2) is 9.13. The molecule has 0 N–H and O–H groups in total. The van der Waals surface area contributed by atoms with Gasteiger partial charge in [0.05, 0.1) is 5.69 Å². The van der Waals surface area contributed by atoms with Gasteiger partial charge in [-0.15, -0.1) is 13.2 Å². The summed E-state index contributed by atoms with van der Waals surface area (Å²) in [5.74, 6) is -1.95. The lowest BCUT2D eigenvalue weighted by atomic mass is 9.85. The van der Waals surface area contributed by atoms with Gasteiger partial charge in [-0.25, -0.2) is 4.39 Å². The minimum atomic E-state index is -4.83. The van der Waals surface area contributed by atoms with E-state index in [1.165, 1.54) is 30.5 Å². The van der Waals surface area contributed by atoms with Crippen molar-refractivity contribution in [1.29, 1.82) is 0 Å².